The van der Waals surface area contributed by atoms with E-state index >= 15 is 0 Å². The molecule has 0 saturated carbocycles. The number of thioether (sulfide) groups is 1. The Morgan fingerprint density at radius 1 is 1.18 bits per heavy atom. The summed E-state index contributed by atoms with van der Waals surface area (Å²) < 4.78 is 5.91. The Balaban J connectivity index is 1.73. The van der Waals surface area contributed by atoms with Crippen LogP contribution < -0.4 is 10.2 Å². The molecule has 5 nitrogen and oxygen atoms in total. The number of aryl methyl sites for hydroxylation is 1. The van der Waals surface area contributed by atoms with Gasteiger partial charge in [0.2, 0.25) is 0 Å². The Morgan fingerprint density at radius 2 is 1.86 bits per heavy atom. The van der Waals surface area contributed by atoms with Gasteiger partial charge in [-0.3, -0.25) is 15.0 Å². The van der Waals surface area contributed by atoms with Gasteiger partial charge in [-0.15, -0.1) is 0 Å². The normalized spacial score (nSPS) is 15.4. The third-order valence-electron chi connectivity index (χ3n) is 3.95. The molecular formula is C21H20N2O3S2. The van der Waals surface area contributed by atoms with E-state index < -0.39 is 0 Å². The number of hydrazine groups is 1. The fourth-order valence-corrected chi connectivity index (χ4v) is 3.80. The molecule has 0 atom stereocenters. The number of benzene rings is 2. The molecule has 0 radical (unpaired) electrons. The highest BCUT2D eigenvalue weighted by atomic mass is 32.2. The molecule has 144 valence electrons. The first-order valence-corrected chi connectivity index (χ1v) is 9.99. The van der Waals surface area contributed by atoms with Crippen molar-refractivity contribution in [3.63, 3.8) is 0 Å². The molecule has 1 saturated heterocycles. The van der Waals surface area contributed by atoms with E-state index in [0.29, 0.717) is 10.5 Å². The van der Waals surface area contributed by atoms with E-state index in [1.54, 1.807) is 18.2 Å². The van der Waals surface area contributed by atoms with Crippen LogP contribution in [0.2, 0.25) is 0 Å². The van der Waals surface area contributed by atoms with Crippen molar-refractivity contribution in [2.24, 2.45) is 0 Å². The molecule has 0 spiro atoms. The molecule has 3 rings (SSSR count). The fourth-order valence-electron chi connectivity index (χ4n) is 2.62. The minimum Gasteiger partial charge on any atom is -0.491 e. The Bertz CT molecular complexity index is 952. The van der Waals surface area contributed by atoms with Gasteiger partial charge in [-0.2, -0.15) is 5.01 Å². The van der Waals surface area contributed by atoms with Crippen LogP contribution in [-0.4, -0.2) is 27.2 Å². The lowest BCUT2D eigenvalue weighted by Gasteiger charge is -2.16. The number of carbonyl (C=O) groups is 2. The van der Waals surface area contributed by atoms with Crippen molar-refractivity contribution in [2.75, 3.05) is 0 Å². The van der Waals surface area contributed by atoms with Crippen molar-refractivity contribution in [3.8, 4) is 5.75 Å². The van der Waals surface area contributed by atoms with E-state index in [-0.39, 0.29) is 22.2 Å². The van der Waals surface area contributed by atoms with E-state index in [9.17, 15) is 9.59 Å². The highest BCUT2D eigenvalue weighted by Gasteiger charge is 2.33. The van der Waals surface area contributed by atoms with Gasteiger partial charge in [-0.05, 0) is 68.4 Å². The van der Waals surface area contributed by atoms with Crippen molar-refractivity contribution >= 4 is 46.2 Å². The number of nitrogens with zero attached hydrogens (tertiary/aromatic N) is 1. The summed E-state index contributed by atoms with van der Waals surface area (Å²) in [6.45, 7) is 5.76. The van der Waals surface area contributed by atoms with E-state index in [2.05, 4.69) is 5.43 Å². The van der Waals surface area contributed by atoms with E-state index in [0.717, 1.165) is 33.6 Å². The average molecular weight is 413 g/mol. The van der Waals surface area contributed by atoms with Crippen LogP contribution in [0.4, 0.5) is 0 Å². The van der Waals surface area contributed by atoms with Crippen molar-refractivity contribution in [3.05, 3.63) is 70.1 Å². The lowest BCUT2D eigenvalue weighted by Crippen LogP contribution is -2.45. The van der Waals surface area contributed by atoms with Gasteiger partial charge in [0.1, 0.15) is 5.75 Å². The number of carbonyl (C=O) groups excluding carboxylic acids is 2. The third kappa shape index (κ3) is 4.61. The van der Waals surface area contributed by atoms with Crippen molar-refractivity contribution in [2.45, 2.75) is 26.9 Å². The predicted octanol–water partition coefficient (Wildman–Crippen LogP) is 4.33. The largest absolute Gasteiger partial charge is 0.491 e. The van der Waals surface area contributed by atoms with Gasteiger partial charge in [0, 0.05) is 5.56 Å². The number of thiocarbonyl (C=S) groups is 1. The van der Waals surface area contributed by atoms with Crippen LogP contribution >= 0.6 is 24.0 Å². The SMILES string of the molecule is Cc1ccccc1C(=O)NN1C(=O)/C(=C/c2ccc(OC(C)C)cc2)SC1=S. The van der Waals surface area contributed by atoms with Crippen molar-refractivity contribution in [1.29, 1.82) is 0 Å². The van der Waals surface area contributed by atoms with Crippen molar-refractivity contribution in [1.82, 2.24) is 10.4 Å². The van der Waals surface area contributed by atoms with E-state index in [1.807, 2.05) is 57.2 Å². The highest BCUT2D eigenvalue weighted by Crippen LogP contribution is 2.31. The first kappa shape index (κ1) is 20.1. The van der Waals surface area contributed by atoms with Crippen LogP contribution in [0, 0.1) is 6.92 Å². The summed E-state index contributed by atoms with van der Waals surface area (Å²) in [7, 11) is 0. The topological polar surface area (TPSA) is 58.6 Å². The summed E-state index contributed by atoms with van der Waals surface area (Å²) in [5, 5.41) is 1.12. The average Bonchev–Trinajstić information content (AvgIpc) is 2.90. The molecule has 1 heterocycles. The molecule has 0 unspecified atom stereocenters. The standard InChI is InChI=1S/C21H20N2O3S2/c1-13(2)26-16-10-8-15(9-11-16)12-18-20(25)23(21(27)28-18)22-19(24)17-7-5-4-6-14(17)3/h4-13H,1-3H3,(H,22,24)/b18-12-. The van der Waals surface area contributed by atoms with E-state index in [4.69, 9.17) is 17.0 Å². The molecule has 0 aliphatic carbocycles. The van der Waals surface area contributed by atoms with Crippen LogP contribution in [0.25, 0.3) is 6.08 Å². The van der Waals surface area contributed by atoms with Crippen LogP contribution in [0.15, 0.2) is 53.4 Å². The number of hydrogen-bond donors (Lipinski definition) is 1. The Kier molecular flexibility index (Phi) is 6.16. The maximum absolute atomic E-state index is 12.7. The van der Waals surface area contributed by atoms with Crippen LogP contribution in [-0.2, 0) is 4.79 Å². The number of amides is 2. The highest BCUT2D eigenvalue weighted by molar-refractivity contribution is 8.26. The van der Waals surface area contributed by atoms with Crippen LogP contribution in [0.5, 0.6) is 5.75 Å². The summed E-state index contributed by atoms with van der Waals surface area (Å²) >= 11 is 6.43. The lowest BCUT2D eigenvalue weighted by molar-refractivity contribution is -0.123. The van der Waals surface area contributed by atoms with Gasteiger partial charge in [0.25, 0.3) is 11.8 Å². The third-order valence-corrected chi connectivity index (χ3v) is 5.25. The second-order valence-corrected chi connectivity index (χ2v) is 8.18. The summed E-state index contributed by atoms with van der Waals surface area (Å²) in [6, 6.07) is 14.6. The zero-order valence-corrected chi connectivity index (χ0v) is 17.4. The smallest absolute Gasteiger partial charge is 0.285 e. The summed E-state index contributed by atoms with van der Waals surface area (Å²) in [5.74, 6) is 0.0514. The second kappa shape index (κ2) is 8.58. The molecule has 1 N–H and O–H groups in total. The predicted molar refractivity (Wildman–Crippen MR) is 116 cm³/mol. The quantitative estimate of drug-likeness (QED) is 0.585. The van der Waals surface area contributed by atoms with Gasteiger partial charge < -0.3 is 4.74 Å². The van der Waals surface area contributed by atoms with Gasteiger partial charge in [0.15, 0.2) is 4.32 Å². The van der Waals surface area contributed by atoms with Crippen LogP contribution in [0.3, 0.4) is 0 Å². The molecule has 28 heavy (non-hydrogen) atoms. The summed E-state index contributed by atoms with van der Waals surface area (Å²) in [6.07, 6.45) is 1.84. The zero-order chi connectivity index (χ0) is 20.3. The molecular weight excluding hydrogens is 392 g/mol. The Morgan fingerprint density at radius 3 is 2.50 bits per heavy atom. The number of ether oxygens (including phenoxy) is 1. The molecule has 1 aliphatic heterocycles. The second-order valence-electron chi connectivity index (χ2n) is 6.51. The molecule has 0 aromatic heterocycles. The van der Waals surface area contributed by atoms with Gasteiger partial charge >= 0.3 is 0 Å². The van der Waals surface area contributed by atoms with Gasteiger partial charge in [0.05, 0.1) is 11.0 Å². The number of hydrogen-bond acceptors (Lipinski definition) is 5. The molecule has 7 heteroatoms. The molecule has 2 aromatic rings. The molecule has 2 amide bonds. The van der Waals surface area contributed by atoms with Gasteiger partial charge in [-0.25, -0.2) is 0 Å². The minimum absolute atomic E-state index is 0.0963. The summed E-state index contributed by atoms with van der Waals surface area (Å²) in [5.41, 5.74) is 4.78. The first-order valence-electron chi connectivity index (χ1n) is 8.76. The number of rotatable bonds is 5. The maximum atomic E-state index is 12.7. The molecule has 0 bridgehead atoms. The Hall–Kier alpha value is -2.64. The monoisotopic (exact) mass is 412 g/mol. The lowest BCUT2D eigenvalue weighted by atomic mass is 10.1. The number of nitrogens with one attached hydrogen (secondary N) is 1. The van der Waals surface area contributed by atoms with Crippen molar-refractivity contribution < 1.29 is 14.3 Å². The van der Waals surface area contributed by atoms with Gasteiger partial charge in [-0.1, -0.05) is 42.1 Å². The minimum atomic E-state index is -0.370. The molecule has 1 fully saturated rings. The fraction of sp³-hybridized carbons (Fsp3) is 0.190. The first-order chi connectivity index (χ1) is 13.3. The zero-order valence-electron chi connectivity index (χ0n) is 15.8. The molecule has 1 aliphatic rings. The maximum Gasteiger partial charge on any atom is 0.285 e. The molecule has 2 aromatic carbocycles. The van der Waals surface area contributed by atoms with E-state index in [1.165, 1.54) is 0 Å². The summed E-state index contributed by atoms with van der Waals surface area (Å²) in [4.78, 5) is 25.6. The Labute approximate surface area is 173 Å². The van der Waals surface area contributed by atoms with Crippen LogP contribution in [0.1, 0.15) is 35.3 Å².